The summed E-state index contributed by atoms with van der Waals surface area (Å²) in [5.74, 6) is 0.428. The van der Waals surface area contributed by atoms with Crippen LogP contribution in [0.4, 0.5) is 8.78 Å². The zero-order valence-corrected chi connectivity index (χ0v) is 42.4. The van der Waals surface area contributed by atoms with E-state index in [9.17, 15) is 18.7 Å². The molecule has 2 aromatic heterocycles. The van der Waals surface area contributed by atoms with Gasteiger partial charge < -0.3 is 15.1 Å². The number of aryl methyl sites for hydroxylation is 4. The van der Waals surface area contributed by atoms with E-state index in [4.69, 9.17) is 5.48 Å². The molecule has 2 aliphatic carbocycles. The van der Waals surface area contributed by atoms with E-state index in [0.717, 1.165) is 97.1 Å². The minimum Gasteiger partial charge on any atom is -0.512 e. The Hall–Kier alpha value is -4.58. The number of allylic oxidation sites excluding steroid dienone is 2. The van der Waals surface area contributed by atoms with E-state index in [0.29, 0.717) is 19.3 Å². The number of hydrogen-bond acceptors (Lipinski definition) is 4. The first kappa shape index (κ1) is 46.5. The Bertz CT molecular complexity index is 2560. The maximum atomic E-state index is 12.2. The molecular formula is C59H70F2IrN2O2-2. The van der Waals surface area contributed by atoms with E-state index in [1.165, 1.54) is 62.5 Å². The fraction of sp³-hybridized carbons (Fsp3) is 0.441. The summed E-state index contributed by atoms with van der Waals surface area (Å²) in [6.45, 7) is 13.7. The molecule has 353 valence electrons. The fourth-order valence-corrected chi connectivity index (χ4v) is 9.80. The average Bonchev–Trinajstić information content (AvgIpc) is 4.03. The van der Waals surface area contributed by atoms with Crippen molar-refractivity contribution >= 4 is 27.3 Å². The van der Waals surface area contributed by atoms with Gasteiger partial charge in [0.25, 0.3) is 0 Å². The van der Waals surface area contributed by atoms with Crippen LogP contribution in [0.25, 0.3) is 44.1 Å². The Labute approximate surface area is 413 Å². The van der Waals surface area contributed by atoms with Crippen LogP contribution in [0.3, 0.4) is 0 Å². The van der Waals surface area contributed by atoms with E-state index in [1.807, 2.05) is 27.7 Å². The summed E-state index contributed by atoms with van der Waals surface area (Å²) in [6, 6.07) is 28.2. The van der Waals surface area contributed by atoms with Crippen LogP contribution in [0.2, 0.25) is 0 Å². The smallest absolute Gasteiger partial charge is 0.239 e. The molecule has 8 rings (SSSR count). The summed E-state index contributed by atoms with van der Waals surface area (Å²) < 4.78 is 57.5. The molecular weight excluding hydrogens is 999 g/mol. The van der Waals surface area contributed by atoms with Crippen molar-refractivity contribution in [2.45, 2.75) is 145 Å². The van der Waals surface area contributed by atoms with Crippen LogP contribution in [0.1, 0.15) is 137 Å². The second-order valence-corrected chi connectivity index (χ2v) is 18.6. The van der Waals surface area contributed by atoms with Gasteiger partial charge in [0, 0.05) is 56.8 Å². The van der Waals surface area contributed by atoms with E-state index >= 15 is 0 Å². The summed E-state index contributed by atoms with van der Waals surface area (Å²) in [6.07, 6.45) is 12.9. The molecule has 0 amide bonds. The quantitative estimate of drug-likeness (QED) is 0.0671. The van der Waals surface area contributed by atoms with Crippen molar-refractivity contribution in [2.24, 2.45) is 23.7 Å². The molecule has 1 unspecified atom stereocenters. The van der Waals surface area contributed by atoms with Gasteiger partial charge in [0.05, 0.1) is 11.2 Å². The molecule has 2 heterocycles. The molecule has 0 aliphatic heterocycles. The van der Waals surface area contributed by atoms with Gasteiger partial charge in [-0.15, -0.1) is 69.8 Å². The van der Waals surface area contributed by atoms with Crippen molar-refractivity contribution in [1.82, 2.24) is 9.97 Å². The summed E-state index contributed by atoms with van der Waals surface area (Å²) in [5.41, 5.74) is 10.3. The van der Waals surface area contributed by atoms with Crippen LogP contribution in [-0.4, -0.2) is 27.3 Å². The van der Waals surface area contributed by atoms with Crippen LogP contribution in [0.15, 0.2) is 96.9 Å². The van der Waals surface area contributed by atoms with Crippen molar-refractivity contribution in [3.63, 3.8) is 0 Å². The van der Waals surface area contributed by atoms with Crippen LogP contribution in [0.5, 0.6) is 0 Å². The number of halogens is 2. The maximum Gasteiger partial charge on any atom is 0.239 e. The molecule has 0 bridgehead atoms. The summed E-state index contributed by atoms with van der Waals surface area (Å²) in [7, 11) is 0. The molecule has 6 aromatic rings. The second kappa shape index (κ2) is 25.5. The number of rotatable bonds is 14. The van der Waals surface area contributed by atoms with Gasteiger partial charge in [-0.25, -0.2) is 8.78 Å². The monoisotopic (exact) mass is 1070 g/mol. The molecule has 2 fully saturated rings. The van der Waals surface area contributed by atoms with Crippen LogP contribution in [0, 0.1) is 63.5 Å². The fourth-order valence-electron chi connectivity index (χ4n) is 9.80. The molecule has 4 aromatic carbocycles. The number of benzene rings is 4. The van der Waals surface area contributed by atoms with Gasteiger partial charge in [0.2, 0.25) is 6.43 Å². The van der Waals surface area contributed by atoms with Gasteiger partial charge in [-0.3, -0.25) is 4.79 Å². The zero-order chi connectivity index (χ0) is 49.9. The van der Waals surface area contributed by atoms with Crippen molar-refractivity contribution < 1.29 is 44.3 Å². The van der Waals surface area contributed by atoms with Crippen molar-refractivity contribution in [1.29, 1.82) is 0 Å². The molecule has 1 N–H and O–H groups in total. The van der Waals surface area contributed by atoms with Crippen molar-refractivity contribution in [2.75, 3.05) is 0 Å². The second-order valence-electron chi connectivity index (χ2n) is 18.6. The minimum absolute atomic E-state index is 0. The zero-order valence-electron chi connectivity index (χ0n) is 44.0. The third kappa shape index (κ3) is 14.7. The Balaban J connectivity index is 0.000000200. The van der Waals surface area contributed by atoms with Gasteiger partial charge in [-0.1, -0.05) is 136 Å². The third-order valence-electron chi connectivity index (χ3n) is 13.3. The molecule has 66 heavy (non-hydrogen) atoms. The molecule has 1 radical (unpaired) electrons. The maximum absolute atomic E-state index is 12.2. The van der Waals surface area contributed by atoms with E-state index in [2.05, 4.69) is 96.6 Å². The first-order chi connectivity index (χ1) is 33.0. The largest absolute Gasteiger partial charge is 0.512 e. The number of fused-ring (bicyclic) bond motifs is 2. The standard InChI is InChI=1S/2C23H24N.C13H22F2O2.Ir/c2*1-16-11-17(2)13-21(12-16)23-22-8-7-19(14-18-5-3-4-6-18)15-20(22)9-10-24-23;1-4-9(5-2)11(16)8-12(17)10(6-3)7-13(14)15;/h2*7-12,15,18H,3-6,14H2,1-2H3;8-10,13,17H,4-7H2,1-3H3;/q2*-1;;/b;;12-8-;/i2*9D,10D;;. The average molecular weight is 1070 g/mol. The van der Waals surface area contributed by atoms with E-state index in [-0.39, 0.29) is 62.0 Å². The number of pyridine rings is 2. The molecule has 2 aliphatic rings. The topological polar surface area (TPSA) is 63.1 Å². The molecule has 0 saturated heterocycles. The van der Waals surface area contributed by atoms with Gasteiger partial charge in [0.1, 0.15) is 0 Å². The van der Waals surface area contributed by atoms with Gasteiger partial charge >= 0.3 is 0 Å². The summed E-state index contributed by atoms with van der Waals surface area (Å²) in [5, 5.41) is 13.2. The number of ketones is 1. The number of alkyl halides is 2. The summed E-state index contributed by atoms with van der Waals surface area (Å²) in [4.78, 5) is 20.6. The Morgan fingerprint density at radius 1 is 0.697 bits per heavy atom. The van der Waals surface area contributed by atoms with E-state index < -0.39 is 18.8 Å². The predicted molar refractivity (Wildman–Crippen MR) is 266 cm³/mol. The SMILES string of the molecule is CCC(CC)C(=O)/C=C(\O)C(CC)CC(F)F.[2H]c1nc(-c2[c-]c(C)cc(C)c2)c2ccc(CC3CCCC3)cc2c1[2H].[2H]c1nc(-c2[c-]c(C)cc(C)c2)c2ccc(CC3CCCC3)cc2c1[2H].[Ir]. The van der Waals surface area contributed by atoms with Crippen LogP contribution < -0.4 is 0 Å². The normalized spacial score (nSPS) is 15.7. The number of carbonyl (C=O) groups excluding carboxylic acids is 1. The first-order valence-corrected chi connectivity index (χ1v) is 24.0. The number of aromatic nitrogens is 2. The van der Waals surface area contributed by atoms with Gasteiger partial charge in [-0.05, 0) is 100 Å². The number of hydrogen-bond donors (Lipinski definition) is 1. The van der Waals surface area contributed by atoms with Gasteiger partial charge in [0.15, 0.2) is 5.78 Å². The number of carbonyl (C=O) groups is 1. The van der Waals surface area contributed by atoms with Gasteiger partial charge in [-0.2, -0.15) is 0 Å². The van der Waals surface area contributed by atoms with Crippen LogP contribution >= 0.6 is 0 Å². The predicted octanol–water partition coefficient (Wildman–Crippen LogP) is 16.2. The van der Waals surface area contributed by atoms with Crippen LogP contribution in [-0.2, 0) is 37.7 Å². The molecule has 7 heteroatoms. The molecule has 1 atom stereocenters. The Morgan fingerprint density at radius 3 is 1.50 bits per heavy atom. The van der Waals surface area contributed by atoms with Crippen molar-refractivity contribution in [3.8, 4) is 22.5 Å². The molecule has 0 spiro atoms. The number of nitrogens with zero attached hydrogens (tertiary/aromatic N) is 2. The molecule has 2 saturated carbocycles. The Kier molecular flexibility index (Phi) is 18.0. The number of aliphatic hydroxyl groups excluding tert-OH is 1. The molecule has 4 nitrogen and oxygen atoms in total. The first-order valence-electron chi connectivity index (χ1n) is 26.0. The third-order valence-corrected chi connectivity index (χ3v) is 13.3. The summed E-state index contributed by atoms with van der Waals surface area (Å²) >= 11 is 0. The van der Waals surface area contributed by atoms with E-state index in [1.54, 1.807) is 6.92 Å². The minimum atomic E-state index is -2.46. The Morgan fingerprint density at radius 2 is 1.12 bits per heavy atom. The van der Waals surface area contributed by atoms with Crippen molar-refractivity contribution in [3.05, 3.63) is 142 Å². The number of aliphatic hydroxyl groups is 1.